The van der Waals surface area contributed by atoms with E-state index in [-0.39, 0.29) is 10.8 Å². The van der Waals surface area contributed by atoms with Gasteiger partial charge in [0.05, 0.1) is 0 Å². The van der Waals surface area contributed by atoms with Gasteiger partial charge < -0.3 is 10.3 Å². The maximum atomic E-state index is 14.1. The molecule has 176 valence electrons. The monoisotopic (exact) mass is 472 g/mol. The number of carbonyl (C=O) groups is 1. The van der Waals surface area contributed by atoms with Gasteiger partial charge in [0.1, 0.15) is 16.4 Å². The molecule has 1 aliphatic rings. The van der Waals surface area contributed by atoms with E-state index in [1.54, 1.807) is 31.5 Å². The molecule has 3 heterocycles. The summed E-state index contributed by atoms with van der Waals surface area (Å²) in [6.07, 6.45) is 7.74. The Kier molecular flexibility index (Phi) is 7.09. The number of aryl methyl sites for hydroxylation is 1. The van der Waals surface area contributed by atoms with E-state index in [4.69, 9.17) is 0 Å². The quantitative estimate of drug-likeness (QED) is 0.484. The van der Waals surface area contributed by atoms with Gasteiger partial charge in [0.25, 0.3) is 5.91 Å². The highest BCUT2D eigenvalue weighted by Crippen LogP contribution is 2.28. The fraction of sp³-hybridized carbons (Fsp3) is 0.417. The van der Waals surface area contributed by atoms with E-state index in [1.165, 1.54) is 16.4 Å². The fourth-order valence-electron chi connectivity index (χ4n) is 4.34. The molecule has 0 saturated carbocycles. The molecule has 4 rings (SSSR count). The van der Waals surface area contributed by atoms with Crippen LogP contribution in [0.25, 0.3) is 10.9 Å². The van der Waals surface area contributed by atoms with Crippen LogP contribution in [0.2, 0.25) is 0 Å². The number of benzene rings is 1. The molecule has 0 bridgehead atoms. The van der Waals surface area contributed by atoms with Crippen LogP contribution in [0.15, 0.2) is 47.6 Å². The van der Waals surface area contributed by atoms with Crippen molar-refractivity contribution in [2.45, 2.75) is 43.9 Å². The van der Waals surface area contributed by atoms with Crippen LogP contribution in [0.4, 0.5) is 4.39 Å². The average molecular weight is 473 g/mol. The van der Waals surface area contributed by atoms with E-state index in [9.17, 15) is 17.6 Å². The summed E-state index contributed by atoms with van der Waals surface area (Å²) in [5.74, 6) is -0.391. The molecule has 1 saturated heterocycles. The zero-order valence-corrected chi connectivity index (χ0v) is 19.5. The largest absolute Gasteiger partial charge is 0.351 e. The summed E-state index contributed by atoms with van der Waals surface area (Å²) >= 11 is 0. The van der Waals surface area contributed by atoms with Crippen molar-refractivity contribution in [3.05, 3.63) is 59.8 Å². The number of amides is 1. The molecule has 1 aromatic carbocycles. The van der Waals surface area contributed by atoms with Crippen LogP contribution in [-0.2, 0) is 10.0 Å². The van der Waals surface area contributed by atoms with Gasteiger partial charge >= 0.3 is 0 Å². The van der Waals surface area contributed by atoms with Crippen molar-refractivity contribution in [3.8, 4) is 0 Å². The Bertz CT molecular complexity index is 1200. The molecule has 0 unspecified atom stereocenters. The lowest BCUT2D eigenvalue weighted by atomic mass is 9.92. The zero-order chi connectivity index (χ0) is 23.4. The molecule has 1 fully saturated rings. The fourth-order valence-corrected chi connectivity index (χ4v) is 5.95. The summed E-state index contributed by atoms with van der Waals surface area (Å²) in [6, 6.07) is 7.81. The molecule has 9 heteroatoms. The number of carbonyl (C=O) groups excluding carboxylic acids is 1. The standard InChI is InChI=1S/C24H29FN4O3S/c1-17-5-6-20(25)23(14-17)33(31,32)29-12-8-18(9-13-29)4-2-3-10-27-24(30)22-15-19-16-26-11-7-21(19)28-22/h5-7,11,14-16,18,28H,2-4,8-10,12-13H2,1H3,(H,27,30). The van der Waals surface area contributed by atoms with E-state index in [1.807, 2.05) is 6.07 Å². The predicted molar refractivity (Wildman–Crippen MR) is 125 cm³/mol. The van der Waals surface area contributed by atoms with Gasteiger partial charge in [0.15, 0.2) is 0 Å². The lowest BCUT2D eigenvalue weighted by molar-refractivity contribution is 0.0948. The summed E-state index contributed by atoms with van der Waals surface area (Å²) in [6.45, 7) is 3.16. The number of fused-ring (bicyclic) bond motifs is 1. The maximum absolute atomic E-state index is 14.1. The molecular formula is C24H29FN4O3S. The second-order valence-corrected chi connectivity index (χ2v) is 10.6. The zero-order valence-electron chi connectivity index (χ0n) is 18.7. The van der Waals surface area contributed by atoms with Gasteiger partial charge in [0, 0.05) is 42.9 Å². The van der Waals surface area contributed by atoms with Gasteiger partial charge in [-0.1, -0.05) is 18.9 Å². The molecule has 3 aromatic rings. The van der Waals surface area contributed by atoms with Gasteiger partial charge in [-0.3, -0.25) is 9.78 Å². The third-order valence-corrected chi connectivity index (χ3v) is 8.18. The van der Waals surface area contributed by atoms with Crippen molar-refractivity contribution in [2.75, 3.05) is 19.6 Å². The second kappa shape index (κ2) is 10.0. The number of nitrogens with one attached hydrogen (secondary N) is 2. The Hall–Kier alpha value is -2.78. The first-order chi connectivity index (χ1) is 15.8. The Morgan fingerprint density at radius 1 is 1.21 bits per heavy atom. The third kappa shape index (κ3) is 5.42. The van der Waals surface area contributed by atoms with Crippen molar-refractivity contribution in [3.63, 3.8) is 0 Å². The van der Waals surface area contributed by atoms with Gasteiger partial charge in [-0.2, -0.15) is 4.31 Å². The number of H-pyrrole nitrogens is 1. The number of aromatic nitrogens is 2. The summed E-state index contributed by atoms with van der Waals surface area (Å²) in [7, 11) is -3.81. The van der Waals surface area contributed by atoms with Gasteiger partial charge in [-0.05, 0) is 61.9 Å². The van der Waals surface area contributed by atoms with Gasteiger partial charge in [-0.25, -0.2) is 12.8 Å². The Labute approximate surface area is 193 Å². The molecule has 0 atom stereocenters. The molecule has 2 aromatic heterocycles. The van der Waals surface area contributed by atoms with Crippen LogP contribution in [-0.4, -0.2) is 48.2 Å². The van der Waals surface area contributed by atoms with Gasteiger partial charge in [-0.15, -0.1) is 0 Å². The van der Waals surface area contributed by atoms with Crippen molar-refractivity contribution in [2.24, 2.45) is 5.92 Å². The summed E-state index contributed by atoms with van der Waals surface area (Å²) in [4.78, 5) is 19.2. The highest BCUT2D eigenvalue weighted by atomic mass is 32.2. The smallest absolute Gasteiger partial charge is 0.267 e. The number of piperidine rings is 1. The van der Waals surface area contributed by atoms with E-state index in [0.29, 0.717) is 31.2 Å². The Morgan fingerprint density at radius 3 is 2.76 bits per heavy atom. The van der Waals surface area contributed by atoms with Crippen LogP contribution >= 0.6 is 0 Å². The van der Waals surface area contributed by atoms with Crippen molar-refractivity contribution >= 4 is 26.8 Å². The van der Waals surface area contributed by atoms with Crippen LogP contribution in [0.3, 0.4) is 0 Å². The second-order valence-electron chi connectivity index (χ2n) is 8.68. The first-order valence-corrected chi connectivity index (χ1v) is 12.8. The number of aromatic amines is 1. The minimum Gasteiger partial charge on any atom is -0.351 e. The number of nitrogens with zero attached hydrogens (tertiary/aromatic N) is 2. The lowest BCUT2D eigenvalue weighted by Crippen LogP contribution is -2.38. The maximum Gasteiger partial charge on any atom is 0.267 e. The highest BCUT2D eigenvalue weighted by molar-refractivity contribution is 7.89. The summed E-state index contributed by atoms with van der Waals surface area (Å²) < 4.78 is 41.2. The number of halogens is 1. The molecule has 0 radical (unpaired) electrons. The summed E-state index contributed by atoms with van der Waals surface area (Å²) in [5.41, 5.74) is 2.13. The SMILES string of the molecule is Cc1ccc(F)c(S(=O)(=O)N2CCC(CCCCNC(=O)c3cc4cnccc4[nH]3)CC2)c1. The minimum atomic E-state index is -3.81. The first kappa shape index (κ1) is 23.4. The predicted octanol–water partition coefficient (Wildman–Crippen LogP) is 4.01. The average Bonchev–Trinajstić information content (AvgIpc) is 3.25. The molecule has 0 spiro atoms. The van der Waals surface area contributed by atoms with Crippen molar-refractivity contribution < 1.29 is 17.6 Å². The first-order valence-electron chi connectivity index (χ1n) is 11.3. The molecule has 7 nitrogen and oxygen atoms in total. The number of sulfonamides is 1. The van der Waals surface area contributed by atoms with E-state index < -0.39 is 15.8 Å². The lowest BCUT2D eigenvalue weighted by Gasteiger charge is -2.31. The van der Waals surface area contributed by atoms with E-state index in [2.05, 4.69) is 15.3 Å². The Balaban J connectivity index is 1.18. The van der Waals surface area contributed by atoms with Crippen LogP contribution in [0, 0.1) is 18.7 Å². The Morgan fingerprint density at radius 2 is 2.00 bits per heavy atom. The minimum absolute atomic E-state index is 0.131. The molecule has 1 amide bonds. The summed E-state index contributed by atoms with van der Waals surface area (Å²) in [5, 5.41) is 3.84. The third-order valence-electron chi connectivity index (χ3n) is 6.27. The number of hydrogen-bond donors (Lipinski definition) is 2. The number of unbranched alkanes of at least 4 members (excludes halogenated alkanes) is 1. The number of hydrogen-bond acceptors (Lipinski definition) is 4. The van der Waals surface area contributed by atoms with Crippen LogP contribution < -0.4 is 5.32 Å². The van der Waals surface area contributed by atoms with E-state index >= 15 is 0 Å². The molecular weight excluding hydrogens is 443 g/mol. The van der Waals surface area contributed by atoms with E-state index in [0.717, 1.165) is 48.6 Å². The van der Waals surface area contributed by atoms with Crippen LogP contribution in [0.1, 0.15) is 48.2 Å². The number of pyridine rings is 1. The highest BCUT2D eigenvalue weighted by Gasteiger charge is 2.31. The molecule has 33 heavy (non-hydrogen) atoms. The van der Waals surface area contributed by atoms with Crippen molar-refractivity contribution in [1.29, 1.82) is 0 Å². The van der Waals surface area contributed by atoms with Crippen LogP contribution in [0.5, 0.6) is 0 Å². The topological polar surface area (TPSA) is 95.2 Å². The molecule has 2 N–H and O–H groups in total. The molecule has 0 aliphatic carbocycles. The number of rotatable bonds is 8. The van der Waals surface area contributed by atoms with Crippen molar-refractivity contribution in [1.82, 2.24) is 19.6 Å². The molecule has 1 aliphatic heterocycles. The normalized spacial score (nSPS) is 15.7. The van der Waals surface area contributed by atoms with Gasteiger partial charge in [0.2, 0.25) is 10.0 Å².